The number of rotatable bonds is 8. The molecule has 0 aromatic heterocycles. The van der Waals surface area contributed by atoms with Crippen molar-refractivity contribution in [3.8, 4) is 5.75 Å². The number of halogens is 1. The maximum absolute atomic E-state index is 8.78. The van der Waals surface area contributed by atoms with Gasteiger partial charge >= 0.3 is 0 Å². The second kappa shape index (κ2) is 8.51. The predicted molar refractivity (Wildman–Crippen MR) is 78.0 cm³/mol. The highest BCUT2D eigenvalue weighted by molar-refractivity contribution is 9.10. The molecule has 3 nitrogen and oxygen atoms in total. The summed E-state index contributed by atoms with van der Waals surface area (Å²) in [6, 6.07) is 6.29. The number of aliphatic hydroxyl groups excluding tert-OH is 1. The third kappa shape index (κ3) is 4.96. The maximum atomic E-state index is 8.78. The third-order valence-electron chi connectivity index (χ3n) is 2.70. The van der Waals surface area contributed by atoms with Gasteiger partial charge in [0.05, 0.1) is 6.61 Å². The molecule has 4 heteroatoms. The predicted octanol–water partition coefficient (Wildman–Crippen LogP) is 3.27. The van der Waals surface area contributed by atoms with E-state index in [1.165, 1.54) is 0 Å². The summed E-state index contributed by atoms with van der Waals surface area (Å²) in [5.74, 6) is 0.891. The second-order valence-electron chi connectivity index (χ2n) is 4.28. The van der Waals surface area contributed by atoms with Crippen LogP contribution in [0, 0.1) is 0 Å². The van der Waals surface area contributed by atoms with Gasteiger partial charge < -0.3 is 15.2 Å². The summed E-state index contributed by atoms with van der Waals surface area (Å²) in [6.07, 6.45) is 1.77. The van der Waals surface area contributed by atoms with Crippen LogP contribution in [0.4, 0.5) is 0 Å². The van der Waals surface area contributed by atoms with Crippen LogP contribution >= 0.6 is 15.9 Å². The van der Waals surface area contributed by atoms with Crippen LogP contribution in [0.5, 0.6) is 5.75 Å². The average molecular weight is 316 g/mol. The van der Waals surface area contributed by atoms with Crippen LogP contribution in [0.15, 0.2) is 22.7 Å². The molecule has 0 aliphatic heterocycles. The number of ether oxygens (including phenoxy) is 1. The summed E-state index contributed by atoms with van der Waals surface area (Å²) in [4.78, 5) is 0. The molecule has 2 N–H and O–H groups in total. The molecule has 1 atom stereocenters. The van der Waals surface area contributed by atoms with Crippen molar-refractivity contribution >= 4 is 15.9 Å². The number of hydrogen-bond donors (Lipinski definition) is 2. The Labute approximate surface area is 118 Å². The lowest BCUT2D eigenvalue weighted by Crippen LogP contribution is -2.20. The van der Waals surface area contributed by atoms with E-state index in [1.54, 1.807) is 0 Å². The van der Waals surface area contributed by atoms with Crippen molar-refractivity contribution < 1.29 is 9.84 Å². The molecule has 0 saturated carbocycles. The Hall–Kier alpha value is -0.580. The monoisotopic (exact) mass is 315 g/mol. The Morgan fingerprint density at radius 3 is 2.89 bits per heavy atom. The Kier molecular flexibility index (Phi) is 7.32. The molecule has 0 spiro atoms. The van der Waals surface area contributed by atoms with E-state index < -0.39 is 0 Å². The van der Waals surface area contributed by atoms with E-state index in [2.05, 4.69) is 41.2 Å². The molecule has 0 aliphatic rings. The summed E-state index contributed by atoms with van der Waals surface area (Å²) in [5.41, 5.74) is 1.15. The molecule has 1 aromatic rings. The minimum absolute atomic E-state index is 0.162. The highest BCUT2D eigenvalue weighted by Gasteiger charge is 2.11. The molecule has 0 bridgehead atoms. The van der Waals surface area contributed by atoms with E-state index in [0.29, 0.717) is 13.0 Å². The quantitative estimate of drug-likeness (QED) is 0.723. The van der Waals surface area contributed by atoms with Crippen LogP contribution in [0.3, 0.4) is 0 Å². The number of nitrogens with one attached hydrogen (secondary N) is 1. The van der Waals surface area contributed by atoms with Crippen molar-refractivity contribution in [2.45, 2.75) is 32.7 Å². The van der Waals surface area contributed by atoms with E-state index >= 15 is 0 Å². The Morgan fingerprint density at radius 1 is 1.44 bits per heavy atom. The number of aliphatic hydroxyl groups is 1. The van der Waals surface area contributed by atoms with Crippen LogP contribution in [-0.4, -0.2) is 24.9 Å². The normalized spacial score (nSPS) is 12.4. The van der Waals surface area contributed by atoms with E-state index in [1.807, 2.05) is 12.1 Å². The molecule has 0 heterocycles. The van der Waals surface area contributed by atoms with Gasteiger partial charge in [0.15, 0.2) is 0 Å². The van der Waals surface area contributed by atoms with Crippen LogP contribution in [0.2, 0.25) is 0 Å². The molecule has 0 saturated heterocycles. The minimum Gasteiger partial charge on any atom is -0.493 e. The Balaban J connectivity index is 2.75. The second-order valence-corrected chi connectivity index (χ2v) is 5.20. The molecule has 0 fully saturated rings. The lowest BCUT2D eigenvalue weighted by Gasteiger charge is -2.18. The first-order valence-corrected chi connectivity index (χ1v) is 7.24. The summed E-state index contributed by atoms with van der Waals surface area (Å²) in [7, 11) is 0. The molecule has 1 unspecified atom stereocenters. The molecule has 18 heavy (non-hydrogen) atoms. The van der Waals surface area contributed by atoms with Gasteiger partial charge in [-0.05, 0) is 38.1 Å². The molecule has 0 radical (unpaired) electrons. The van der Waals surface area contributed by atoms with E-state index in [9.17, 15) is 0 Å². The molecular weight excluding hydrogens is 294 g/mol. The molecule has 0 amide bonds. The van der Waals surface area contributed by atoms with Crippen molar-refractivity contribution in [1.82, 2.24) is 5.32 Å². The highest BCUT2D eigenvalue weighted by Crippen LogP contribution is 2.28. The Bertz CT molecular complexity index is 358. The average Bonchev–Trinajstić information content (AvgIpc) is 2.38. The van der Waals surface area contributed by atoms with Crippen LogP contribution < -0.4 is 10.1 Å². The van der Waals surface area contributed by atoms with Crippen molar-refractivity contribution in [3.63, 3.8) is 0 Å². The highest BCUT2D eigenvalue weighted by atomic mass is 79.9. The van der Waals surface area contributed by atoms with Gasteiger partial charge in [-0.2, -0.15) is 0 Å². The van der Waals surface area contributed by atoms with E-state index in [4.69, 9.17) is 9.84 Å². The maximum Gasteiger partial charge on any atom is 0.124 e. The van der Waals surface area contributed by atoms with Gasteiger partial charge in [0.1, 0.15) is 5.75 Å². The van der Waals surface area contributed by atoms with Gasteiger partial charge in [-0.1, -0.05) is 22.9 Å². The Morgan fingerprint density at radius 2 is 2.22 bits per heavy atom. The smallest absolute Gasteiger partial charge is 0.124 e. The van der Waals surface area contributed by atoms with E-state index in [-0.39, 0.29) is 12.6 Å². The van der Waals surface area contributed by atoms with Gasteiger partial charge in [-0.15, -0.1) is 0 Å². The summed E-state index contributed by atoms with van der Waals surface area (Å²) in [5, 5.41) is 12.2. The first kappa shape index (κ1) is 15.5. The zero-order valence-electron chi connectivity index (χ0n) is 11.1. The van der Waals surface area contributed by atoms with Crippen LogP contribution in [-0.2, 0) is 0 Å². The number of hydrogen-bond acceptors (Lipinski definition) is 3. The van der Waals surface area contributed by atoms with Crippen LogP contribution in [0.1, 0.15) is 38.3 Å². The molecule has 1 aromatic carbocycles. The SMILES string of the molecule is CCCNC(C)c1cc(Br)ccc1OCCCO. The van der Waals surface area contributed by atoms with Crippen LogP contribution in [0.25, 0.3) is 0 Å². The molecule has 102 valence electrons. The largest absolute Gasteiger partial charge is 0.493 e. The first-order chi connectivity index (χ1) is 8.69. The standard InChI is InChI=1S/C14H22BrNO2/c1-3-7-16-11(2)13-10-12(15)5-6-14(13)18-9-4-8-17/h5-6,10-11,16-17H,3-4,7-9H2,1-2H3. The fourth-order valence-corrected chi connectivity index (χ4v) is 2.09. The van der Waals surface area contributed by atoms with E-state index in [0.717, 1.165) is 28.8 Å². The van der Waals surface area contributed by atoms with Gasteiger partial charge in [0, 0.05) is 29.1 Å². The minimum atomic E-state index is 0.162. The molecular formula is C14H22BrNO2. The number of benzene rings is 1. The zero-order valence-corrected chi connectivity index (χ0v) is 12.7. The van der Waals surface area contributed by atoms with Gasteiger partial charge in [0.25, 0.3) is 0 Å². The van der Waals surface area contributed by atoms with Crippen molar-refractivity contribution in [3.05, 3.63) is 28.2 Å². The van der Waals surface area contributed by atoms with Crippen molar-refractivity contribution in [1.29, 1.82) is 0 Å². The lowest BCUT2D eigenvalue weighted by atomic mass is 10.1. The van der Waals surface area contributed by atoms with Gasteiger partial charge in [-0.3, -0.25) is 0 Å². The first-order valence-electron chi connectivity index (χ1n) is 6.45. The van der Waals surface area contributed by atoms with Crippen molar-refractivity contribution in [2.75, 3.05) is 19.8 Å². The zero-order chi connectivity index (χ0) is 13.4. The molecule has 0 aliphatic carbocycles. The summed E-state index contributed by atoms with van der Waals surface area (Å²) >= 11 is 3.49. The third-order valence-corrected chi connectivity index (χ3v) is 3.19. The lowest BCUT2D eigenvalue weighted by molar-refractivity contribution is 0.231. The van der Waals surface area contributed by atoms with Gasteiger partial charge in [0.2, 0.25) is 0 Å². The summed E-state index contributed by atoms with van der Waals surface area (Å²) < 4.78 is 6.77. The fourth-order valence-electron chi connectivity index (χ4n) is 1.71. The fraction of sp³-hybridized carbons (Fsp3) is 0.571. The molecule has 1 rings (SSSR count). The topological polar surface area (TPSA) is 41.5 Å². The van der Waals surface area contributed by atoms with Gasteiger partial charge in [-0.25, -0.2) is 0 Å². The van der Waals surface area contributed by atoms with Crippen molar-refractivity contribution in [2.24, 2.45) is 0 Å². The summed E-state index contributed by atoms with van der Waals surface area (Å²) in [6.45, 7) is 5.99.